The Morgan fingerprint density at radius 3 is 1.82 bits per heavy atom. The number of methoxy groups -OCH3 is 2. The summed E-state index contributed by atoms with van der Waals surface area (Å²) in [6.45, 7) is 4.76. The lowest BCUT2D eigenvalue weighted by atomic mass is 10.0. The summed E-state index contributed by atoms with van der Waals surface area (Å²) < 4.78 is 22.1. The molecule has 5 nitrogen and oxygen atoms in total. The van der Waals surface area contributed by atoms with Crippen molar-refractivity contribution in [1.82, 2.24) is 0 Å². The first kappa shape index (κ1) is 26.7. The van der Waals surface area contributed by atoms with Gasteiger partial charge in [-0.2, -0.15) is 0 Å². The van der Waals surface area contributed by atoms with E-state index in [9.17, 15) is 0 Å². The van der Waals surface area contributed by atoms with Gasteiger partial charge in [0.05, 0.1) is 40.6 Å². The fourth-order valence-corrected chi connectivity index (χ4v) is 3.24. The second-order valence-electron chi connectivity index (χ2n) is 7.93. The number of benzene rings is 2. The molecule has 0 saturated heterocycles. The molecule has 0 fully saturated rings. The lowest BCUT2D eigenvalue weighted by Gasteiger charge is -2.09. The van der Waals surface area contributed by atoms with Gasteiger partial charge in [-0.05, 0) is 68.0 Å². The molecular formula is C28H38O5. The van der Waals surface area contributed by atoms with Crippen LogP contribution >= 0.6 is 0 Å². The molecule has 1 N–H and O–H groups in total. The van der Waals surface area contributed by atoms with E-state index in [1.54, 1.807) is 14.2 Å². The maximum Gasteiger partial charge on any atom is 0.118 e. The van der Waals surface area contributed by atoms with Crippen molar-refractivity contribution < 1.29 is 24.1 Å². The van der Waals surface area contributed by atoms with E-state index in [2.05, 4.69) is 19.1 Å². The van der Waals surface area contributed by atoms with E-state index in [4.69, 9.17) is 24.1 Å². The van der Waals surface area contributed by atoms with Crippen molar-refractivity contribution in [1.29, 1.82) is 0 Å². The smallest absolute Gasteiger partial charge is 0.118 e. The van der Waals surface area contributed by atoms with Crippen LogP contribution < -0.4 is 9.47 Å². The van der Waals surface area contributed by atoms with Crippen LogP contribution in [0.4, 0.5) is 0 Å². The van der Waals surface area contributed by atoms with Gasteiger partial charge in [0.25, 0.3) is 0 Å². The van der Waals surface area contributed by atoms with Gasteiger partial charge in [0.1, 0.15) is 11.5 Å². The number of rotatable bonds is 16. The largest absolute Gasteiger partial charge is 0.497 e. The van der Waals surface area contributed by atoms with Gasteiger partial charge in [0.15, 0.2) is 0 Å². The molecule has 0 amide bonds. The molecule has 0 aliphatic heterocycles. The van der Waals surface area contributed by atoms with Crippen molar-refractivity contribution >= 4 is 0 Å². The minimum absolute atomic E-state index is 0.186. The Morgan fingerprint density at radius 2 is 1.30 bits per heavy atom. The highest BCUT2D eigenvalue weighted by atomic mass is 16.5. The van der Waals surface area contributed by atoms with E-state index < -0.39 is 0 Å². The first-order chi connectivity index (χ1) is 16.1. The molecule has 2 rings (SSSR count). The molecule has 2 aromatic rings. The summed E-state index contributed by atoms with van der Waals surface area (Å²) >= 11 is 0. The third-order valence-electron chi connectivity index (χ3n) is 5.34. The van der Waals surface area contributed by atoms with Gasteiger partial charge in [-0.1, -0.05) is 47.6 Å². The van der Waals surface area contributed by atoms with Gasteiger partial charge < -0.3 is 24.1 Å². The maximum absolute atomic E-state index is 9.13. The van der Waals surface area contributed by atoms with Gasteiger partial charge in [0.2, 0.25) is 0 Å². The fraction of sp³-hybridized carbons (Fsp3) is 0.429. The van der Waals surface area contributed by atoms with Gasteiger partial charge >= 0.3 is 0 Å². The average molecular weight is 455 g/mol. The van der Waals surface area contributed by atoms with E-state index in [0.717, 1.165) is 41.9 Å². The third-order valence-corrected chi connectivity index (χ3v) is 5.34. The lowest BCUT2D eigenvalue weighted by Crippen LogP contribution is -1.99. The summed E-state index contributed by atoms with van der Waals surface area (Å²) in [6, 6.07) is 15.9. The van der Waals surface area contributed by atoms with Gasteiger partial charge in [0, 0.05) is 6.61 Å². The van der Waals surface area contributed by atoms with Crippen molar-refractivity contribution in [3.63, 3.8) is 0 Å². The van der Waals surface area contributed by atoms with Gasteiger partial charge in [-0.3, -0.25) is 0 Å². The highest BCUT2D eigenvalue weighted by Crippen LogP contribution is 2.16. The molecule has 0 aromatic heterocycles. The quantitative estimate of drug-likeness (QED) is 0.254. The Hall–Kier alpha value is -2.60. The van der Waals surface area contributed by atoms with Crippen molar-refractivity contribution in [3.8, 4) is 11.5 Å². The summed E-state index contributed by atoms with van der Waals surface area (Å²) in [5.74, 6) is 1.70. The Morgan fingerprint density at radius 1 is 0.758 bits per heavy atom. The van der Waals surface area contributed by atoms with Crippen molar-refractivity contribution in [3.05, 3.63) is 83.0 Å². The molecule has 180 valence electrons. The van der Waals surface area contributed by atoms with Crippen LogP contribution in [0.3, 0.4) is 0 Å². The van der Waals surface area contributed by atoms with Crippen LogP contribution in [0.1, 0.15) is 43.7 Å². The maximum atomic E-state index is 9.13. The number of aliphatic hydroxyl groups excluding tert-OH is 1. The molecule has 2 aromatic carbocycles. The molecule has 0 aliphatic rings. The molecule has 0 atom stereocenters. The Bertz CT molecular complexity index is 838. The molecule has 5 heteroatoms. The number of allylic oxidation sites excluding steroid dienone is 1. The van der Waals surface area contributed by atoms with Crippen LogP contribution in [0, 0.1) is 0 Å². The van der Waals surface area contributed by atoms with E-state index >= 15 is 0 Å². The number of ether oxygens (including phenoxy) is 4. The Labute approximate surface area is 198 Å². The molecule has 0 saturated carbocycles. The summed E-state index contributed by atoms with van der Waals surface area (Å²) in [5.41, 5.74) is 4.80. The molecular weight excluding hydrogens is 416 g/mol. The van der Waals surface area contributed by atoms with Crippen LogP contribution in [-0.4, -0.2) is 39.1 Å². The molecule has 0 radical (unpaired) electrons. The third kappa shape index (κ3) is 11.2. The van der Waals surface area contributed by atoms with E-state index in [-0.39, 0.29) is 6.61 Å². The zero-order valence-electron chi connectivity index (χ0n) is 20.2. The summed E-state index contributed by atoms with van der Waals surface area (Å²) in [5, 5.41) is 9.13. The molecule has 33 heavy (non-hydrogen) atoms. The topological polar surface area (TPSA) is 57.2 Å². The zero-order valence-corrected chi connectivity index (χ0v) is 20.2. The molecule has 0 unspecified atom stereocenters. The molecule has 0 spiro atoms. The van der Waals surface area contributed by atoms with E-state index in [1.165, 1.54) is 11.1 Å². The van der Waals surface area contributed by atoms with Crippen LogP contribution in [0.15, 0.2) is 71.8 Å². The SMILES string of the molecule is COc1ccc(COCC/C=C(/C/C=C(\C)CCO)CCOCc2ccc(OC)cc2)cc1. The second-order valence-corrected chi connectivity index (χ2v) is 7.93. The van der Waals surface area contributed by atoms with Crippen LogP contribution in [0.2, 0.25) is 0 Å². The summed E-state index contributed by atoms with van der Waals surface area (Å²) in [4.78, 5) is 0. The summed E-state index contributed by atoms with van der Waals surface area (Å²) in [6.07, 6.45) is 7.77. The molecule has 0 aliphatic carbocycles. The monoisotopic (exact) mass is 454 g/mol. The predicted octanol–water partition coefficient (Wildman–Crippen LogP) is 5.86. The normalized spacial score (nSPS) is 12.1. The minimum atomic E-state index is 0.186. The number of hydrogen-bond acceptors (Lipinski definition) is 5. The van der Waals surface area contributed by atoms with Crippen LogP contribution in [0.25, 0.3) is 0 Å². The van der Waals surface area contributed by atoms with E-state index in [1.807, 2.05) is 48.5 Å². The van der Waals surface area contributed by atoms with Gasteiger partial charge in [-0.25, -0.2) is 0 Å². The first-order valence-electron chi connectivity index (χ1n) is 11.5. The number of aliphatic hydroxyl groups is 1. The summed E-state index contributed by atoms with van der Waals surface area (Å²) in [7, 11) is 3.33. The number of hydrogen-bond donors (Lipinski definition) is 1. The van der Waals surface area contributed by atoms with Crippen LogP contribution in [0.5, 0.6) is 11.5 Å². The van der Waals surface area contributed by atoms with Crippen molar-refractivity contribution in [2.24, 2.45) is 0 Å². The lowest BCUT2D eigenvalue weighted by molar-refractivity contribution is 0.121. The Balaban J connectivity index is 1.78. The van der Waals surface area contributed by atoms with E-state index in [0.29, 0.717) is 32.8 Å². The van der Waals surface area contributed by atoms with Crippen molar-refractivity contribution in [2.45, 2.75) is 45.8 Å². The Kier molecular flexibility index (Phi) is 13.0. The highest BCUT2D eigenvalue weighted by molar-refractivity contribution is 5.27. The minimum Gasteiger partial charge on any atom is -0.497 e. The fourth-order valence-electron chi connectivity index (χ4n) is 3.24. The van der Waals surface area contributed by atoms with Gasteiger partial charge in [-0.15, -0.1) is 0 Å². The molecule has 0 bridgehead atoms. The zero-order chi connectivity index (χ0) is 23.7. The van der Waals surface area contributed by atoms with Crippen molar-refractivity contribution in [2.75, 3.05) is 34.0 Å². The average Bonchev–Trinajstić information content (AvgIpc) is 2.85. The highest BCUT2D eigenvalue weighted by Gasteiger charge is 2.01. The standard InChI is InChI=1S/C28H38O5/c1-23(16-18-29)6-7-24(17-20-33-22-26-10-14-28(31-3)15-11-26)5-4-19-32-21-25-8-12-27(30-2)13-9-25/h5-6,8-15,29H,4,7,16-22H2,1-3H3/b23-6+,24-5-. The predicted molar refractivity (Wildman–Crippen MR) is 133 cm³/mol. The first-order valence-corrected chi connectivity index (χ1v) is 11.5. The second kappa shape index (κ2) is 16.1. The van der Waals surface area contributed by atoms with Crippen LogP contribution in [-0.2, 0) is 22.7 Å². The molecule has 0 heterocycles.